The van der Waals surface area contributed by atoms with E-state index >= 15 is 0 Å². The van der Waals surface area contributed by atoms with Gasteiger partial charge in [0.25, 0.3) is 0 Å². The lowest BCUT2D eigenvalue weighted by Gasteiger charge is -2.20. The highest BCUT2D eigenvalue weighted by Gasteiger charge is 2.20. The number of aliphatic hydroxyl groups is 3. The third-order valence-corrected chi connectivity index (χ3v) is 6.00. The normalized spacial score (nSPS) is 12.8. The molecule has 0 fully saturated rings. The molecule has 0 spiro atoms. The summed E-state index contributed by atoms with van der Waals surface area (Å²) >= 11 is 0. The fourth-order valence-corrected chi connectivity index (χ4v) is 3.24. The molecule has 0 saturated heterocycles. The number of fused-ring (bicyclic) bond motifs is 3. The number of carboxylic acids is 3. The first-order valence-electron chi connectivity index (χ1n) is 12.7. The average molecular weight is 619 g/mol. The maximum Gasteiger partial charge on any atom is 0.335 e. The highest BCUT2D eigenvalue weighted by molar-refractivity contribution is 5.89. The number of aliphatic hydroxyl groups excluding tert-OH is 3. The molecule has 15 nitrogen and oxygen atoms in total. The molecule has 0 unspecified atom stereocenters. The molecule has 6 rings (SSSR count). The zero-order valence-corrected chi connectivity index (χ0v) is 23.3. The van der Waals surface area contributed by atoms with Gasteiger partial charge in [-0.2, -0.15) is 0 Å². The fourth-order valence-electron chi connectivity index (χ4n) is 3.24. The molecule has 3 aromatic rings. The molecule has 44 heavy (non-hydrogen) atoms. The Balaban J connectivity index is 0.000000163. The molecule has 15 heteroatoms. The van der Waals surface area contributed by atoms with Crippen LogP contribution < -0.4 is 28.4 Å². The van der Waals surface area contributed by atoms with E-state index in [1.165, 1.54) is 36.4 Å². The maximum atomic E-state index is 10.5. The van der Waals surface area contributed by atoms with E-state index in [9.17, 15) is 14.4 Å². The van der Waals surface area contributed by atoms with Gasteiger partial charge in [0.1, 0.15) is 0 Å². The summed E-state index contributed by atoms with van der Waals surface area (Å²) in [5.74, 6) is 0.384. The molecule has 3 aliphatic heterocycles. The van der Waals surface area contributed by atoms with E-state index < -0.39 is 23.3 Å². The van der Waals surface area contributed by atoms with Crippen molar-refractivity contribution in [3.8, 4) is 34.5 Å². The summed E-state index contributed by atoms with van der Waals surface area (Å²) in [6.45, 7) is 1.56. The third-order valence-electron chi connectivity index (χ3n) is 6.00. The van der Waals surface area contributed by atoms with Gasteiger partial charge in [-0.05, 0) is 54.6 Å². The minimum absolute atomic E-state index is 0.165. The van der Waals surface area contributed by atoms with Crippen LogP contribution in [-0.2, 0) is 0 Å². The Kier molecular flexibility index (Phi) is 11.6. The van der Waals surface area contributed by atoms with Crippen molar-refractivity contribution in [1.29, 1.82) is 0 Å². The summed E-state index contributed by atoms with van der Waals surface area (Å²) in [5.41, 5.74) is -0.0854. The molecule has 3 aromatic carbocycles. The molecular formula is C29H30O15. The van der Waals surface area contributed by atoms with Crippen LogP contribution in [0.3, 0.4) is 0 Å². The molecule has 6 N–H and O–H groups in total. The summed E-state index contributed by atoms with van der Waals surface area (Å²) in [5, 5.41) is 51.3. The molecule has 3 heterocycles. The van der Waals surface area contributed by atoms with Gasteiger partial charge in [-0.25, -0.2) is 14.4 Å². The van der Waals surface area contributed by atoms with Gasteiger partial charge >= 0.3 is 17.9 Å². The lowest BCUT2D eigenvalue weighted by molar-refractivity contribution is 0.0200. The molecule has 236 valence electrons. The van der Waals surface area contributed by atoms with Crippen molar-refractivity contribution in [3.05, 3.63) is 71.3 Å². The second-order valence-corrected chi connectivity index (χ2v) is 9.40. The van der Waals surface area contributed by atoms with Crippen molar-refractivity contribution >= 4 is 17.9 Å². The minimum Gasteiger partial charge on any atom is -0.478 e. The van der Waals surface area contributed by atoms with Gasteiger partial charge in [-0.3, -0.25) is 0 Å². The minimum atomic E-state index is -0.965. The van der Waals surface area contributed by atoms with E-state index in [1.807, 2.05) is 0 Å². The Morgan fingerprint density at radius 3 is 0.977 bits per heavy atom. The van der Waals surface area contributed by atoms with E-state index in [-0.39, 0.29) is 56.9 Å². The second-order valence-electron chi connectivity index (χ2n) is 9.40. The first-order chi connectivity index (χ1) is 21.0. The van der Waals surface area contributed by atoms with Crippen molar-refractivity contribution in [2.24, 2.45) is 5.41 Å². The van der Waals surface area contributed by atoms with Crippen molar-refractivity contribution in [2.45, 2.75) is 6.92 Å². The van der Waals surface area contributed by atoms with E-state index in [4.69, 9.17) is 59.1 Å². The van der Waals surface area contributed by atoms with Crippen LogP contribution in [0, 0.1) is 5.41 Å². The second kappa shape index (κ2) is 15.3. The Hall–Kier alpha value is -5.25. The standard InChI is InChI=1S/3C8H6O4.C5H12O3/c3*9-8(10)5-1-2-6-7(3-5)12-4-11-6;1-5(2-6,3-7)4-8/h3*1-3H,4H2,(H,9,10);6-8H,2-4H2,1H3. The number of ether oxygens (including phenoxy) is 6. The Morgan fingerprint density at radius 2 is 0.773 bits per heavy atom. The van der Waals surface area contributed by atoms with Crippen molar-refractivity contribution < 1.29 is 73.4 Å². The predicted molar refractivity (Wildman–Crippen MR) is 148 cm³/mol. The zero-order valence-electron chi connectivity index (χ0n) is 23.3. The van der Waals surface area contributed by atoms with E-state index in [0.29, 0.717) is 34.5 Å². The molecule has 0 saturated carbocycles. The number of carboxylic acid groups (broad SMARTS) is 3. The van der Waals surface area contributed by atoms with Gasteiger partial charge in [0.15, 0.2) is 34.5 Å². The van der Waals surface area contributed by atoms with Crippen LogP contribution in [0.5, 0.6) is 34.5 Å². The summed E-state index contributed by atoms with van der Waals surface area (Å²) in [7, 11) is 0. The van der Waals surface area contributed by atoms with Crippen LogP contribution in [0.25, 0.3) is 0 Å². The van der Waals surface area contributed by atoms with Crippen molar-refractivity contribution in [1.82, 2.24) is 0 Å². The topological polar surface area (TPSA) is 228 Å². The number of benzene rings is 3. The molecule has 0 radical (unpaired) electrons. The Morgan fingerprint density at radius 1 is 0.523 bits per heavy atom. The van der Waals surface area contributed by atoms with Crippen LogP contribution in [0.2, 0.25) is 0 Å². The van der Waals surface area contributed by atoms with Crippen LogP contribution in [0.1, 0.15) is 38.0 Å². The van der Waals surface area contributed by atoms with E-state index in [2.05, 4.69) is 0 Å². The molecular weight excluding hydrogens is 588 g/mol. The summed E-state index contributed by atoms with van der Waals surface area (Å²) < 4.78 is 30.1. The molecule has 0 amide bonds. The molecule has 0 aromatic heterocycles. The number of hydrogen-bond donors (Lipinski definition) is 6. The Labute approximate surface area is 249 Å². The van der Waals surface area contributed by atoms with E-state index in [1.54, 1.807) is 25.1 Å². The quantitative estimate of drug-likeness (QED) is 0.233. The first kappa shape index (κ1) is 33.3. The average Bonchev–Trinajstić information content (AvgIpc) is 3.81. The Bertz CT molecular complexity index is 1300. The number of carbonyl (C=O) groups is 3. The van der Waals surface area contributed by atoms with Gasteiger partial charge in [0.2, 0.25) is 20.4 Å². The maximum absolute atomic E-state index is 10.5. The van der Waals surface area contributed by atoms with E-state index in [0.717, 1.165) is 0 Å². The molecule has 0 bridgehead atoms. The van der Waals surface area contributed by atoms with Gasteiger partial charge in [-0.1, -0.05) is 6.92 Å². The SMILES string of the molecule is CC(CO)(CO)CO.O=C(O)c1ccc2c(c1)OCO2.O=C(O)c1ccc2c(c1)OCO2.O=C(O)c1ccc2c(c1)OCO2. The largest absolute Gasteiger partial charge is 0.478 e. The van der Waals surface area contributed by atoms with Gasteiger partial charge in [0.05, 0.1) is 36.5 Å². The fraction of sp³-hybridized carbons (Fsp3) is 0.276. The van der Waals surface area contributed by atoms with Crippen LogP contribution in [0.15, 0.2) is 54.6 Å². The predicted octanol–water partition coefficient (Wildman–Crippen LogP) is 2.31. The smallest absolute Gasteiger partial charge is 0.335 e. The highest BCUT2D eigenvalue weighted by Crippen LogP contribution is 2.34. The zero-order chi connectivity index (χ0) is 32.3. The molecule has 3 aliphatic rings. The number of rotatable bonds is 6. The van der Waals surface area contributed by atoms with Crippen LogP contribution in [-0.4, -0.2) is 88.7 Å². The monoisotopic (exact) mass is 618 g/mol. The summed E-state index contributed by atoms with van der Waals surface area (Å²) in [6.07, 6.45) is 0. The van der Waals surface area contributed by atoms with Crippen LogP contribution >= 0.6 is 0 Å². The lowest BCUT2D eigenvalue weighted by atomic mass is 9.95. The first-order valence-corrected chi connectivity index (χ1v) is 12.7. The molecule has 0 atom stereocenters. The highest BCUT2D eigenvalue weighted by atomic mass is 16.7. The summed E-state index contributed by atoms with van der Waals surface area (Å²) in [4.78, 5) is 31.5. The van der Waals surface area contributed by atoms with Gasteiger partial charge in [0, 0.05) is 5.41 Å². The van der Waals surface area contributed by atoms with Gasteiger partial charge in [-0.15, -0.1) is 0 Å². The molecule has 0 aliphatic carbocycles. The lowest BCUT2D eigenvalue weighted by Crippen LogP contribution is -2.29. The number of hydrogen-bond acceptors (Lipinski definition) is 12. The van der Waals surface area contributed by atoms with Crippen LogP contribution in [0.4, 0.5) is 0 Å². The van der Waals surface area contributed by atoms with Gasteiger partial charge < -0.3 is 59.1 Å². The van der Waals surface area contributed by atoms with Crippen molar-refractivity contribution in [2.75, 3.05) is 40.2 Å². The number of aromatic carboxylic acids is 3. The van der Waals surface area contributed by atoms with Crippen molar-refractivity contribution in [3.63, 3.8) is 0 Å². The summed E-state index contributed by atoms with van der Waals surface area (Å²) in [6, 6.07) is 13.6. The third kappa shape index (κ3) is 8.87.